The summed E-state index contributed by atoms with van der Waals surface area (Å²) in [6.45, 7) is 4.04. The molecule has 0 spiro atoms. The van der Waals surface area contributed by atoms with Crippen LogP contribution in [0.3, 0.4) is 0 Å². The highest BCUT2D eigenvalue weighted by Crippen LogP contribution is 2.24. The minimum Gasteiger partial charge on any atom is -0.398 e. The van der Waals surface area contributed by atoms with E-state index in [1.165, 1.54) is 11.8 Å². The molecule has 0 aliphatic carbocycles. The standard InChI is InChI=1S/C14H24N2O3S2/c1-11(2)9-12(17)10-16-21(18,19)8-7-20-14-6-4-3-5-13(14)15/h3-6,11-12,16-17H,7-10,15H2,1-2H3. The summed E-state index contributed by atoms with van der Waals surface area (Å²) < 4.78 is 26.1. The fourth-order valence-electron chi connectivity index (χ4n) is 1.80. The number of anilines is 1. The lowest BCUT2D eigenvalue weighted by Gasteiger charge is -2.14. The normalized spacial score (nSPS) is 13.5. The number of hydrogen-bond donors (Lipinski definition) is 3. The monoisotopic (exact) mass is 332 g/mol. The number of hydrogen-bond acceptors (Lipinski definition) is 5. The maximum Gasteiger partial charge on any atom is 0.212 e. The third kappa shape index (κ3) is 7.71. The summed E-state index contributed by atoms with van der Waals surface area (Å²) >= 11 is 1.41. The van der Waals surface area contributed by atoms with E-state index >= 15 is 0 Å². The number of rotatable bonds is 9. The summed E-state index contributed by atoms with van der Waals surface area (Å²) in [7, 11) is -3.37. The van der Waals surface area contributed by atoms with Gasteiger partial charge in [-0.2, -0.15) is 0 Å². The van der Waals surface area contributed by atoms with Crippen molar-refractivity contribution >= 4 is 27.5 Å². The average molecular weight is 332 g/mol. The van der Waals surface area contributed by atoms with Crippen LogP contribution >= 0.6 is 11.8 Å². The van der Waals surface area contributed by atoms with Crippen LogP contribution in [0.5, 0.6) is 0 Å². The molecule has 0 fully saturated rings. The number of sulfonamides is 1. The van der Waals surface area contributed by atoms with Crippen molar-refractivity contribution in [2.24, 2.45) is 5.92 Å². The van der Waals surface area contributed by atoms with Crippen molar-refractivity contribution in [3.8, 4) is 0 Å². The number of nitrogens with one attached hydrogen (secondary N) is 1. The zero-order valence-corrected chi connectivity index (χ0v) is 14.1. The van der Waals surface area contributed by atoms with Crippen molar-refractivity contribution in [2.75, 3.05) is 23.8 Å². The number of nitrogen functional groups attached to an aromatic ring is 1. The van der Waals surface area contributed by atoms with Crippen LogP contribution in [0, 0.1) is 5.92 Å². The molecule has 1 unspecified atom stereocenters. The van der Waals surface area contributed by atoms with E-state index in [9.17, 15) is 13.5 Å². The Morgan fingerprint density at radius 3 is 2.62 bits per heavy atom. The Kier molecular flexibility index (Phi) is 7.51. The molecule has 0 heterocycles. The van der Waals surface area contributed by atoms with Gasteiger partial charge in [0.1, 0.15) is 0 Å². The highest BCUT2D eigenvalue weighted by atomic mass is 32.2. The first kappa shape index (κ1) is 18.3. The first-order chi connectivity index (χ1) is 9.80. The Balaban J connectivity index is 2.35. The molecule has 0 amide bonds. The summed E-state index contributed by atoms with van der Waals surface area (Å²) in [5.74, 6) is 0.755. The van der Waals surface area contributed by atoms with Crippen LogP contribution in [0.1, 0.15) is 20.3 Å². The Morgan fingerprint density at radius 1 is 1.33 bits per heavy atom. The largest absolute Gasteiger partial charge is 0.398 e. The van der Waals surface area contributed by atoms with Gasteiger partial charge in [0.25, 0.3) is 0 Å². The molecule has 1 aromatic carbocycles. The Labute approximate surface area is 131 Å². The van der Waals surface area contributed by atoms with Crippen LogP contribution in [-0.4, -0.2) is 37.7 Å². The first-order valence-corrected chi connectivity index (χ1v) is 9.56. The molecule has 0 saturated carbocycles. The van der Waals surface area contributed by atoms with Crippen molar-refractivity contribution in [3.63, 3.8) is 0 Å². The van der Waals surface area contributed by atoms with E-state index < -0.39 is 16.1 Å². The number of benzene rings is 1. The predicted octanol–water partition coefficient (Wildman–Crippen LogP) is 1.69. The minimum absolute atomic E-state index is 0.000396. The Morgan fingerprint density at radius 2 is 2.00 bits per heavy atom. The van der Waals surface area contributed by atoms with Crippen molar-refractivity contribution in [1.82, 2.24) is 4.72 Å². The molecular weight excluding hydrogens is 308 g/mol. The van der Waals surface area contributed by atoms with Gasteiger partial charge in [-0.1, -0.05) is 26.0 Å². The molecular formula is C14H24N2O3S2. The highest BCUT2D eigenvalue weighted by molar-refractivity contribution is 8.00. The quantitative estimate of drug-likeness (QED) is 0.473. The summed E-state index contributed by atoms with van der Waals surface area (Å²) in [6.07, 6.45) is -0.0603. The molecule has 5 nitrogen and oxygen atoms in total. The fraction of sp³-hybridized carbons (Fsp3) is 0.571. The zero-order chi connectivity index (χ0) is 15.9. The molecule has 0 bridgehead atoms. The molecule has 0 saturated heterocycles. The molecule has 0 aromatic heterocycles. The van der Waals surface area contributed by atoms with E-state index in [0.29, 0.717) is 23.8 Å². The van der Waals surface area contributed by atoms with Crippen molar-refractivity contribution < 1.29 is 13.5 Å². The highest BCUT2D eigenvalue weighted by Gasteiger charge is 2.14. The van der Waals surface area contributed by atoms with E-state index in [-0.39, 0.29) is 12.3 Å². The second-order valence-corrected chi connectivity index (χ2v) is 8.40. The van der Waals surface area contributed by atoms with Crippen molar-refractivity contribution in [1.29, 1.82) is 0 Å². The van der Waals surface area contributed by atoms with Crippen LogP contribution in [0.2, 0.25) is 0 Å². The van der Waals surface area contributed by atoms with Crippen LogP contribution in [0.15, 0.2) is 29.2 Å². The number of para-hydroxylation sites is 1. The van der Waals surface area contributed by atoms with Gasteiger partial charge in [0.2, 0.25) is 10.0 Å². The van der Waals surface area contributed by atoms with Gasteiger partial charge in [0, 0.05) is 22.9 Å². The van der Waals surface area contributed by atoms with E-state index in [1.54, 1.807) is 6.07 Å². The summed E-state index contributed by atoms with van der Waals surface area (Å²) in [5, 5.41) is 9.67. The van der Waals surface area contributed by atoms with E-state index in [4.69, 9.17) is 5.73 Å². The molecule has 7 heteroatoms. The topological polar surface area (TPSA) is 92.4 Å². The number of aliphatic hydroxyl groups excluding tert-OH is 1. The van der Waals surface area contributed by atoms with Gasteiger partial charge in [-0.3, -0.25) is 0 Å². The van der Waals surface area contributed by atoms with Crippen molar-refractivity contribution in [2.45, 2.75) is 31.3 Å². The first-order valence-electron chi connectivity index (χ1n) is 6.93. The third-order valence-corrected chi connectivity index (χ3v) is 5.51. The van der Waals surface area contributed by atoms with E-state index in [2.05, 4.69) is 4.72 Å². The maximum absolute atomic E-state index is 11.8. The molecule has 120 valence electrons. The zero-order valence-electron chi connectivity index (χ0n) is 12.5. The third-order valence-electron chi connectivity index (χ3n) is 2.81. The van der Waals surface area contributed by atoms with Gasteiger partial charge < -0.3 is 10.8 Å². The molecule has 21 heavy (non-hydrogen) atoms. The second kappa shape index (κ2) is 8.63. The number of thioether (sulfide) groups is 1. The molecule has 1 aromatic rings. The predicted molar refractivity (Wildman–Crippen MR) is 88.8 cm³/mol. The summed E-state index contributed by atoms with van der Waals surface area (Å²) in [5.41, 5.74) is 6.45. The van der Waals surface area contributed by atoms with Gasteiger partial charge in [0.05, 0.1) is 11.9 Å². The average Bonchev–Trinajstić information content (AvgIpc) is 2.38. The van der Waals surface area contributed by atoms with Crippen molar-refractivity contribution in [3.05, 3.63) is 24.3 Å². The van der Waals surface area contributed by atoms with Crippen LogP contribution < -0.4 is 10.5 Å². The molecule has 0 radical (unpaired) electrons. The van der Waals surface area contributed by atoms with Gasteiger partial charge in [-0.15, -0.1) is 11.8 Å². The SMILES string of the molecule is CC(C)CC(O)CNS(=O)(=O)CCSc1ccccc1N. The van der Waals surface area contributed by atoms with Gasteiger partial charge in [0.15, 0.2) is 0 Å². The maximum atomic E-state index is 11.8. The van der Waals surface area contributed by atoms with Gasteiger partial charge in [-0.25, -0.2) is 13.1 Å². The summed E-state index contributed by atoms with van der Waals surface area (Å²) in [4.78, 5) is 0.882. The lowest BCUT2D eigenvalue weighted by molar-refractivity contribution is 0.152. The minimum atomic E-state index is -3.37. The van der Waals surface area contributed by atoms with Crippen LogP contribution in [0.25, 0.3) is 0 Å². The number of nitrogens with two attached hydrogens (primary N) is 1. The lowest BCUT2D eigenvalue weighted by Crippen LogP contribution is -2.34. The molecule has 1 rings (SSSR count). The van der Waals surface area contributed by atoms with Gasteiger partial charge >= 0.3 is 0 Å². The van der Waals surface area contributed by atoms with Crippen LogP contribution in [0.4, 0.5) is 5.69 Å². The Bertz CT molecular complexity index is 533. The second-order valence-electron chi connectivity index (χ2n) is 5.34. The van der Waals surface area contributed by atoms with E-state index in [1.807, 2.05) is 32.0 Å². The summed E-state index contributed by atoms with van der Waals surface area (Å²) in [6, 6.07) is 7.37. The lowest BCUT2D eigenvalue weighted by atomic mass is 10.1. The van der Waals surface area contributed by atoms with Gasteiger partial charge in [-0.05, 0) is 24.5 Å². The van der Waals surface area contributed by atoms with Crippen LogP contribution in [-0.2, 0) is 10.0 Å². The Hall–Kier alpha value is -0.760. The molecule has 1 atom stereocenters. The smallest absolute Gasteiger partial charge is 0.212 e. The fourth-order valence-corrected chi connectivity index (χ4v) is 4.23. The number of aliphatic hydroxyl groups is 1. The molecule has 4 N–H and O–H groups in total. The molecule has 0 aliphatic heterocycles. The molecule has 0 aliphatic rings. The van der Waals surface area contributed by atoms with E-state index in [0.717, 1.165) is 4.90 Å².